The molecule has 1 amide bonds. The van der Waals surface area contributed by atoms with Crippen molar-refractivity contribution in [2.24, 2.45) is 0 Å². The molecule has 2 rings (SSSR count). The largest absolute Gasteiger partial charge is 0.478 e. The van der Waals surface area contributed by atoms with Gasteiger partial charge in [0.1, 0.15) is 17.1 Å². The van der Waals surface area contributed by atoms with Crippen LogP contribution in [0.5, 0.6) is 0 Å². The summed E-state index contributed by atoms with van der Waals surface area (Å²) in [6.07, 6.45) is -0.622. The van der Waals surface area contributed by atoms with Crippen LogP contribution in [-0.2, 0) is 20.8 Å². The third-order valence-corrected chi connectivity index (χ3v) is 2.74. The topological polar surface area (TPSA) is 98.0 Å². The fourth-order valence-electron chi connectivity index (χ4n) is 1.77. The Hall–Kier alpha value is -1.86. The summed E-state index contributed by atoms with van der Waals surface area (Å²) in [5, 5.41) is 11.5. The minimum absolute atomic E-state index is 0.0986. The van der Waals surface area contributed by atoms with Crippen molar-refractivity contribution in [1.29, 1.82) is 0 Å². The number of furan rings is 1. The maximum atomic E-state index is 11.7. The molecule has 1 aliphatic rings. The molecule has 7 heteroatoms. The lowest BCUT2D eigenvalue weighted by Crippen LogP contribution is -2.42. The molecule has 1 aromatic heterocycles. The second-order valence-electron chi connectivity index (χ2n) is 4.14. The first-order chi connectivity index (χ1) is 9.08. The van der Waals surface area contributed by atoms with E-state index in [0.717, 1.165) is 0 Å². The highest BCUT2D eigenvalue weighted by Crippen LogP contribution is 2.14. The average Bonchev–Trinajstić information content (AvgIpc) is 2.78. The molecule has 0 bridgehead atoms. The van der Waals surface area contributed by atoms with E-state index in [1.807, 2.05) is 0 Å². The molecule has 0 unspecified atom stereocenters. The minimum atomic E-state index is -1.05. The molecule has 104 valence electrons. The van der Waals surface area contributed by atoms with Crippen LogP contribution in [0.1, 0.15) is 21.9 Å². The number of nitrogens with one attached hydrogen (secondary N) is 1. The predicted molar refractivity (Wildman–Crippen MR) is 62.8 cm³/mol. The number of amides is 1. The average molecular weight is 269 g/mol. The maximum Gasteiger partial charge on any atom is 0.339 e. The van der Waals surface area contributed by atoms with Crippen molar-refractivity contribution >= 4 is 11.9 Å². The smallest absolute Gasteiger partial charge is 0.339 e. The number of hydrogen-bond acceptors (Lipinski definition) is 5. The summed E-state index contributed by atoms with van der Waals surface area (Å²) in [7, 11) is 0. The first-order valence-corrected chi connectivity index (χ1v) is 5.87. The summed E-state index contributed by atoms with van der Waals surface area (Å²) >= 11 is 0. The van der Waals surface area contributed by atoms with Gasteiger partial charge in [-0.2, -0.15) is 0 Å². The molecule has 0 spiro atoms. The Kier molecular flexibility index (Phi) is 4.18. The highest BCUT2D eigenvalue weighted by atomic mass is 16.6. The molecule has 0 saturated carbocycles. The minimum Gasteiger partial charge on any atom is -0.478 e. The number of hydrogen-bond donors (Lipinski definition) is 2. The zero-order chi connectivity index (χ0) is 13.8. The Morgan fingerprint density at radius 1 is 1.47 bits per heavy atom. The van der Waals surface area contributed by atoms with Crippen molar-refractivity contribution in [3.05, 3.63) is 23.2 Å². The van der Waals surface area contributed by atoms with E-state index in [4.69, 9.17) is 19.0 Å². The van der Waals surface area contributed by atoms with Crippen LogP contribution < -0.4 is 5.32 Å². The number of carboxylic acids is 1. The van der Waals surface area contributed by atoms with E-state index < -0.39 is 12.1 Å². The standard InChI is InChI=1S/C12H15NO6/c1-7-9(12(15)16)4-8(19-7)5-13-11(14)10-6-17-2-3-18-10/h4,10H,2-3,5-6H2,1H3,(H,13,14)(H,15,16)/t10-/m1/s1. The van der Waals surface area contributed by atoms with Crippen molar-refractivity contribution in [2.75, 3.05) is 19.8 Å². The van der Waals surface area contributed by atoms with Crippen LogP contribution in [0, 0.1) is 6.92 Å². The van der Waals surface area contributed by atoms with Crippen LogP contribution in [-0.4, -0.2) is 42.9 Å². The highest BCUT2D eigenvalue weighted by Gasteiger charge is 2.23. The van der Waals surface area contributed by atoms with Gasteiger partial charge in [-0.3, -0.25) is 4.79 Å². The van der Waals surface area contributed by atoms with Gasteiger partial charge in [-0.15, -0.1) is 0 Å². The van der Waals surface area contributed by atoms with Gasteiger partial charge < -0.3 is 24.3 Å². The first kappa shape index (κ1) is 13.6. The Bertz CT molecular complexity index is 475. The van der Waals surface area contributed by atoms with E-state index in [2.05, 4.69) is 5.32 Å². The van der Waals surface area contributed by atoms with Gasteiger partial charge in [-0.25, -0.2) is 4.79 Å². The van der Waals surface area contributed by atoms with E-state index in [9.17, 15) is 9.59 Å². The molecule has 0 aromatic carbocycles. The summed E-state index contributed by atoms with van der Waals surface area (Å²) < 4.78 is 15.6. The maximum absolute atomic E-state index is 11.7. The van der Waals surface area contributed by atoms with Gasteiger partial charge in [0.25, 0.3) is 5.91 Å². The molecule has 0 aliphatic carbocycles. The summed E-state index contributed by atoms with van der Waals surface area (Å²) in [6.45, 7) is 2.79. The molecule has 2 heterocycles. The third-order valence-electron chi connectivity index (χ3n) is 2.74. The van der Waals surface area contributed by atoms with E-state index in [0.29, 0.717) is 24.7 Å². The van der Waals surface area contributed by atoms with Crippen LogP contribution in [0.4, 0.5) is 0 Å². The molecule has 0 radical (unpaired) electrons. The second kappa shape index (κ2) is 5.85. The Labute approximate surface area is 109 Å². The first-order valence-electron chi connectivity index (χ1n) is 5.87. The normalized spacial score (nSPS) is 19.1. The number of carbonyl (C=O) groups excluding carboxylic acids is 1. The van der Waals surface area contributed by atoms with E-state index >= 15 is 0 Å². The quantitative estimate of drug-likeness (QED) is 0.816. The number of carboxylic acid groups (broad SMARTS) is 1. The molecule has 1 atom stereocenters. The van der Waals surface area contributed by atoms with Gasteiger partial charge in [0.2, 0.25) is 0 Å². The second-order valence-corrected chi connectivity index (χ2v) is 4.14. The Morgan fingerprint density at radius 3 is 2.84 bits per heavy atom. The Morgan fingerprint density at radius 2 is 2.26 bits per heavy atom. The number of rotatable bonds is 4. The SMILES string of the molecule is Cc1oc(CNC(=O)[C@H]2COCCO2)cc1C(=O)O. The number of carbonyl (C=O) groups is 2. The van der Waals surface area contributed by atoms with E-state index in [-0.39, 0.29) is 24.6 Å². The van der Waals surface area contributed by atoms with Gasteiger partial charge in [-0.05, 0) is 13.0 Å². The summed E-state index contributed by atoms with van der Waals surface area (Å²) in [4.78, 5) is 22.6. The fourth-order valence-corrected chi connectivity index (χ4v) is 1.77. The van der Waals surface area contributed by atoms with E-state index in [1.165, 1.54) is 6.07 Å². The zero-order valence-corrected chi connectivity index (χ0v) is 10.5. The third kappa shape index (κ3) is 3.33. The van der Waals surface area contributed by atoms with Gasteiger partial charge in [0.05, 0.1) is 26.4 Å². The lowest BCUT2D eigenvalue weighted by atomic mass is 10.2. The van der Waals surface area contributed by atoms with Gasteiger partial charge >= 0.3 is 5.97 Å². The molecule has 19 heavy (non-hydrogen) atoms. The summed E-state index contributed by atoms with van der Waals surface area (Å²) in [5.74, 6) is -0.651. The molecule has 1 saturated heterocycles. The number of aryl methyl sites for hydroxylation is 1. The molecule has 1 fully saturated rings. The van der Waals surface area contributed by atoms with Crippen molar-refractivity contribution in [1.82, 2.24) is 5.32 Å². The zero-order valence-electron chi connectivity index (χ0n) is 10.5. The molecule has 1 aliphatic heterocycles. The van der Waals surface area contributed by atoms with Crippen LogP contribution in [0.25, 0.3) is 0 Å². The lowest BCUT2D eigenvalue weighted by Gasteiger charge is -2.21. The van der Waals surface area contributed by atoms with Crippen molar-refractivity contribution in [3.8, 4) is 0 Å². The number of aromatic carboxylic acids is 1. The molecular formula is C12H15NO6. The molecule has 1 aromatic rings. The molecule has 2 N–H and O–H groups in total. The fraction of sp³-hybridized carbons (Fsp3) is 0.500. The Balaban J connectivity index is 1.89. The molecule has 7 nitrogen and oxygen atoms in total. The predicted octanol–water partition coefficient (Wildman–Crippen LogP) is 0.318. The highest BCUT2D eigenvalue weighted by molar-refractivity contribution is 5.88. The van der Waals surface area contributed by atoms with Gasteiger partial charge in [-0.1, -0.05) is 0 Å². The van der Waals surface area contributed by atoms with E-state index in [1.54, 1.807) is 6.92 Å². The van der Waals surface area contributed by atoms with Crippen LogP contribution >= 0.6 is 0 Å². The van der Waals surface area contributed by atoms with Crippen LogP contribution in [0.15, 0.2) is 10.5 Å². The van der Waals surface area contributed by atoms with Crippen molar-refractivity contribution in [2.45, 2.75) is 19.6 Å². The van der Waals surface area contributed by atoms with Crippen LogP contribution in [0.3, 0.4) is 0 Å². The van der Waals surface area contributed by atoms with Crippen LogP contribution in [0.2, 0.25) is 0 Å². The monoisotopic (exact) mass is 269 g/mol. The van der Waals surface area contributed by atoms with Gasteiger partial charge in [0, 0.05) is 0 Å². The number of ether oxygens (including phenoxy) is 2. The molecular weight excluding hydrogens is 254 g/mol. The van der Waals surface area contributed by atoms with Gasteiger partial charge in [0.15, 0.2) is 6.10 Å². The van der Waals surface area contributed by atoms with Crippen molar-refractivity contribution < 1.29 is 28.6 Å². The van der Waals surface area contributed by atoms with Crippen molar-refractivity contribution in [3.63, 3.8) is 0 Å². The summed E-state index contributed by atoms with van der Waals surface area (Å²) in [5.41, 5.74) is 0.0986. The lowest BCUT2D eigenvalue weighted by molar-refractivity contribution is -0.147. The summed E-state index contributed by atoms with van der Waals surface area (Å²) in [6, 6.07) is 1.40.